The minimum atomic E-state index is 0.355. The zero-order chi connectivity index (χ0) is 14.4. The van der Waals surface area contributed by atoms with Crippen molar-refractivity contribution in [2.75, 3.05) is 6.54 Å². The van der Waals surface area contributed by atoms with Gasteiger partial charge in [0.25, 0.3) is 0 Å². The van der Waals surface area contributed by atoms with Crippen LogP contribution < -0.4 is 5.73 Å². The summed E-state index contributed by atoms with van der Waals surface area (Å²) < 4.78 is 11.9. The predicted molar refractivity (Wildman–Crippen MR) is 82.3 cm³/mol. The first-order chi connectivity index (χ1) is 9.52. The van der Waals surface area contributed by atoms with Crippen molar-refractivity contribution in [3.63, 3.8) is 0 Å². The minimum absolute atomic E-state index is 0.355. The predicted octanol–water partition coefficient (Wildman–Crippen LogP) is 4.56. The van der Waals surface area contributed by atoms with Gasteiger partial charge in [0, 0.05) is 21.9 Å². The van der Waals surface area contributed by atoms with Crippen LogP contribution in [0.25, 0.3) is 21.9 Å². The molecule has 1 aromatic carbocycles. The van der Waals surface area contributed by atoms with Crippen LogP contribution in [0.5, 0.6) is 0 Å². The Kier molecular flexibility index (Phi) is 3.09. The average Bonchev–Trinajstić information content (AvgIpc) is 2.93. The molecule has 3 aromatic rings. The van der Waals surface area contributed by atoms with Gasteiger partial charge in [0.2, 0.25) is 0 Å². The van der Waals surface area contributed by atoms with Gasteiger partial charge in [-0.1, -0.05) is 6.92 Å². The topological polar surface area (TPSA) is 52.3 Å². The van der Waals surface area contributed by atoms with E-state index >= 15 is 0 Å². The molecule has 2 N–H and O–H groups in total. The van der Waals surface area contributed by atoms with Gasteiger partial charge in [-0.3, -0.25) is 0 Å². The van der Waals surface area contributed by atoms with E-state index in [-0.39, 0.29) is 0 Å². The number of benzene rings is 1. The van der Waals surface area contributed by atoms with Crippen LogP contribution in [0.2, 0.25) is 0 Å². The first-order valence-corrected chi connectivity index (χ1v) is 7.15. The monoisotopic (exact) mass is 271 g/mol. The van der Waals surface area contributed by atoms with Crippen LogP contribution in [0, 0.1) is 20.8 Å². The summed E-state index contributed by atoms with van der Waals surface area (Å²) in [6.07, 6.45) is 0.942. The highest BCUT2D eigenvalue weighted by Crippen LogP contribution is 2.40. The Bertz CT molecular complexity index is 722. The molecule has 0 spiro atoms. The maximum Gasteiger partial charge on any atom is 0.138 e. The van der Waals surface area contributed by atoms with Crippen LogP contribution in [0.15, 0.2) is 21.0 Å². The molecule has 3 heteroatoms. The molecule has 0 fully saturated rings. The van der Waals surface area contributed by atoms with Crippen LogP contribution in [0.1, 0.15) is 41.9 Å². The number of hydrogen-bond acceptors (Lipinski definition) is 3. The summed E-state index contributed by atoms with van der Waals surface area (Å²) >= 11 is 0. The molecule has 0 aliphatic rings. The van der Waals surface area contributed by atoms with E-state index in [1.807, 2.05) is 13.8 Å². The molecule has 2 heterocycles. The van der Waals surface area contributed by atoms with Crippen LogP contribution in [0.3, 0.4) is 0 Å². The zero-order valence-electron chi connectivity index (χ0n) is 12.5. The molecule has 3 rings (SSSR count). The fourth-order valence-corrected chi connectivity index (χ4v) is 3.11. The van der Waals surface area contributed by atoms with Gasteiger partial charge >= 0.3 is 0 Å². The second kappa shape index (κ2) is 4.67. The minimum Gasteiger partial charge on any atom is -0.461 e. The molecule has 1 unspecified atom stereocenters. The van der Waals surface area contributed by atoms with Gasteiger partial charge in [0.05, 0.1) is 0 Å². The molecule has 0 saturated carbocycles. The van der Waals surface area contributed by atoms with Gasteiger partial charge in [-0.2, -0.15) is 0 Å². The Balaban J connectivity index is 2.44. The van der Waals surface area contributed by atoms with Crippen molar-refractivity contribution < 1.29 is 8.83 Å². The Morgan fingerprint density at radius 3 is 2.25 bits per heavy atom. The molecule has 20 heavy (non-hydrogen) atoms. The van der Waals surface area contributed by atoms with Gasteiger partial charge in [0.1, 0.15) is 22.7 Å². The van der Waals surface area contributed by atoms with Gasteiger partial charge < -0.3 is 14.6 Å². The summed E-state index contributed by atoms with van der Waals surface area (Å²) in [7, 11) is 0. The van der Waals surface area contributed by atoms with Gasteiger partial charge in [-0.15, -0.1) is 0 Å². The van der Waals surface area contributed by atoms with Crippen LogP contribution in [-0.2, 0) is 0 Å². The number of furan rings is 2. The molecule has 3 nitrogen and oxygen atoms in total. The van der Waals surface area contributed by atoms with Crippen molar-refractivity contribution in [2.24, 2.45) is 5.73 Å². The van der Waals surface area contributed by atoms with E-state index in [1.54, 1.807) is 0 Å². The standard InChI is InChI=1S/C17H21NO2/c1-9(5-6-18)15-14-8-11(3)19-16(14)12(4)13-7-10(2)20-17(13)15/h7-9H,5-6,18H2,1-4H3. The lowest BCUT2D eigenvalue weighted by Gasteiger charge is -2.13. The third-order valence-electron chi connectivity index (χ3n) is 4.08. The Hall–Kier alpha value is -1.74. The van der Waals surface area contributed by atoms with E-state index < -0.39 is 0 Å². The molecular weight excluding hydrogens is 250 g/mol. The van der Waals surface area contributed by atoms with E-state index in [4.69, 9.17) is 14.6 Å². The Morgan fingerprint density at radius 2 is 1.60 bits per heavy atom. The number of aryl methyl sites for hydroxylation is 3. The number of rotatable bonds is 3. The van der Waals surface area contributed by atoms with Crippen molar-refractivity contribution in [3.05, 3.63) is 34.8 Å². The maximum atomic E-state index is 5.98. The highest BCUT2D eigenvalue weighted by molar-refractivity contribution is 6.02. The van der Waals surface area contributed by atoms with Crippen molar-refractivity contribution in [2.45, 2.75) is 40.0 Å². The molecule has 0 aliphatic carbocycles. The summed E-state index contributed by atoms with van der Waals surface area (Å²) in [5, 5.41) is 2.33. The fourth-order valence-electron chi connectivity index (χ4n) is 3.11. The molecule has 0 radical (unpaired) electrons. The lowest BCUT2D eigenvalue weighted by molar-refractivity contribution is 0.565. The number of nitrogens with two attached hydrogens (primary N) is 1. The van der Waals surface area contributed by atoms with Crippen molar-refractivity contribution >= 4 is 21.9 Å². The average molecular weight is 271 g/mol. The molecule has 0 bridgehead atoms. The van der Waals surface area contributed by atoms with E-state index in [0.717, 1.165) is 40.1 Å². The molecule has 106 valence electrons. The van der Waals surface area contributed by atoms with Gasteiger partial charge in [0.15, 0.2) is 0 Å². The molecule has 0 amide bonds. The lowest BCUT2D eigenvalue weighted by atomic mass is 9.91. The molecule has 0 aliphatic heterocycles. The van der Waals surface area contributed by atoms with E-state index in [2.05, 4.69) is 26.0 Å². The summed E-state index contributed by atoms with van der Waals surface area (Å²) in [6, 6.07) is 4.21. The normalized spacial score (nSPS) is 13.4. The largest absolute Gasteiger partial charge is 0.461 e. The highest BCUT2D eigenvalue weighted by Gasteiger charge is 2.21. The van der Waals surface area contributed by atoms with Crippen LogP contribution >= 0.6 is 0 Å². The van der Waals surface area contributed by atoms with Crippen LogP contribution in [0.4, 0.5) is 0 Å². The third kappa shape index (κ3) is 1.85. The lowest BCUT2D eigenvalue weighted by Crippen LogP contribution is -2.05. The summed E-state index contributed by atoms with van der Waals surface area (Å²) in [4.78, 5) is 0. The van der Waals surface area contributed by atoms with Gasteiger partial charge in [-0.25, -0.2) is 0 Å². The summed E-state index contributed by atoms with van der Waals surface area (Å²) in [6.45, 7) is 8.96. The van der Waals surface area contributed by atoms with E-state index in [1.165, 1.54) is 10.9 Å². The van der Waals surface area contributed by atoms with E-state index in [0.29, 0.717) is 12.5 Å². The fraction of sp³-hybridized carbons (Fsp3) is 0.412. The summed E-state index contributed by atoms with van der Waals surface area (Å²) in [5.74, 6) is 2.23. The highest BCUT2D eigenvalue weighted by atomic mass is 16.3. The first-order valence-electron chi connectivity index (χ1n) is 7.15. The van der Waals surface area contributed by atoms with Crippen molar-refractivity contribution in [1.29, 1.82) is 0 Å². The van der Waals surface area contributed by atoms with Crippen LogP contribution in [-0.4, -0.2) is 6.54 Å². The Labute approximate surface area is 118 Å². The Morgan fingerprint density at radius 1 is 1.00 bits per heavy atom. The second-order valence-corrected chi connectivity index (χ2v) is 5.72. The maximum absolute atomic E-state index is 5.98. The number of hydrogen-bond donors (Lipinski definition) is 1. The molecule has 2 aromatic heterocycles. The smallest absolute Gasteiger partial charge is 0.138 e. The first kappa shape index (κ1) is 13.3. The van der Waals surface area contributed by atoms with Gasteiger partial charge in [-0.05, 0) is 51.8 Å². The van der Waals surface area contributed by atoms with Crippen molar-refractivity contribution in [1.82, 2.24) is 0 Å². The zero-order valence-corrected chi connectivity index (χ0v) is 12.5. The molecular formula is C17H21NO2. The number of fused-ring (bicyclic) bond motifs is 2. The quantitative estimate of drug-likeness (QED) is 0.760. The molecule has 0 saturated heterocycles. The SMILES string of the molecule is Cc1cc2c(C(C)CCN)c3oc(C)cc3c(C)c2o1. The second-order valence-electron chi connectivity index (χ2n) is 5.72. The third-order valence-corrected chi connectivity index (χ3v) is 4.08. The van der Waals surface area contributed by atoms with Crippen molar-refractivity contribution in [3.8, 4) is 0 Å². The molecule has 1 atom stereocenters. The van der Waals surface area contributed by atoms with E-state index in [9.17, 15) is 0 Å². The summed E-state index contributed by atoms with van der Waals surface area (Å²) in [5.41, 5.74) is 10.1.